The van der Waals surface area contributed by atoms with Gasteiger partial charge in [-0.1, -0.05) is 19.1 Å². The molecule has 0 atom stereocenters. The zero-order chi connectivity index (χ0) is 15.6. The molecule has 0 radical (unpaired) electrons. The maximum atomic E-state index is 12.6. The monoisotopic (exact) mass is 308 g/mol. The highest BCUT2D eigenvalue weighted by Crippen LogP contribution is 2.23. The van der Waals surface area contributed by atoms with Crippen LogP contribution in [0.15, 0.2) is 29.3 Å². The first-order valence-electron chi connectivity index (χ1n) is 6.72. The van der Waals surface area contributed by atoms with Gasteiger partial charge in [-0.2, -0.15) is 5.10 Å². The molecule has 21 heavy (non-hydrogen) atoms. The SMILES string of the molecule is CCc1ccc(CN)cc1S(=O)(=O)Nc1cn(C)nc1C. The first kappa shape index (κ1) is 15.5. The molecule has 0 bridgehead atoms. The zero-order valence-corrected chi connectivity index (χ0v) is 13.2. The van der Waals surface area contributed by atoms with Crippen molar-refractivity contribution < 1.29 is 8.42 Å². The first-order valence-corrected chi connectivity index (χ1v) is 8.20. The van der Waals surface area contributed by atoms with Gasteiger partial charge in [-0.15, -0.1) is 0 Å². The molecule has 1 heterocycles. The average molecular weight is 308 g/mol. The standard InChI is InChI=1S/C14H20N4O2S/c1-4-12-6-5-11(8-15)7-14(12)21(19,20)17-13-9-18(3)16-10(13)2/h5-7,9,17H,4,8,15H2,1-3H3. The Morgan fingerprint density at radius 3 is 2.62 bits per heavy atom. The first-order chi connectivity index (χ1) is 9.87. The minimum absolute atomic E-state index is 0.274. The van der Waals surface area contributed by atoms with Crippen LogP contribution in [0.1, 0.15) is 23.7 Å². The third-order valence-corrected chi connectivity index (χ3v) is 4.74. The molecule has 7 heteroatoms. The minimum atomic E-state index is -3.66. The van der Waals surface area contributed by atoms with Crippen molar-refractivity contribution in [3.05, 3.63) is 41.2 Å². The van der Waals surface area contributed by atoms with Crippen molar-refractivity contribution in [2.75, 3.05) is 4.72 Å². The summed E-state index contributed by atoms with van der Waals surface area (Å²) in [4.78, 5) is 0.274. The largest absolute Gasteiger partial charge is 0.326 e. The van der Waals surface area contributed by atoms with Crippen molar-refractivity contribution in [1.82, 2.24) is 9.78 Å². The van der Waals surface area contributed by atoms with Crippen LogP contribution in [0.5, 0.6) is 0 Å². The number of hydrogen-bond donors (Lipinski definition) is 2. The van der Waals surface area contributed by atoms with Gasteiger partial charge in [0.25, 0.3) is 10.0 Å². The van der Waals surface area contributed by atoms with Crippen LogP contribution >= 0.6 is 0 Å². The van der Waals surface area contributed by atoms with Crippen molar-refractivity contribution in [3.63, 3.8) is 0 Å². The van der Waals surface area contributed by atoms with Crippen molar-refractivity contribution >= 4 is 15.7 Å². The molecule has 114 valence electrons. The third kappa shape index (κ3) is 3.25. The Kier molecular flexibility index (Phi) is 4.34. The second-order valence-electron chi connectivity index (χ2n) is 4.91. The molecule has 0 unspecified atom stereocenters. The number of aryl methyl sites for hydroxylation is 3. The molecule has 2 aromatic rings. The fraction of sp³-hybridized carbons (Fsp3) is 0.357. The van der Waals surface area contributed by atoms with Gasteiger partial charge in [0.1, 0.15) is 0 Å². The van der Waals surface area contributed by atoms with Gasteiger partial charge < -0.3 is 5.73 Å². The zero-order valence-electron chi connectivity index (χ0n) is 12.4. The number of sulfonamides is 1. The lowest BCUT2D eigenvalue weighted by Crippen LogP contribution is -2.16. The molecule has 0 saturated heterocycles. The van der Waals surface area contributed by atoms with Gasteiger partial charge in [-0.25, -0.2) is 8.42 Å². The van der Waals surface area contributed by atoms with Crippen LogP contribution < -0.4 is 10.5 Å². The Balaban J connectivity index is 2.46. The van der Waals surface area contributed by atoms with Gasteiger partial charge in [0.2, 0.25) is 0 Å². The summed E-state index contributed by atoms with van der Waals surface area (Å²) < 4.78 is 29.4. The number of nitrogens with one attached hydrogen (secondary N) is 1. The maximum Gasteiger partial charge on any atom is 0.262 e. The fourth-order valence-electron chi connectivity index (χ4n) is 2.17. The second-order valence-corrected chi connectivity index (χ2v) is 6.56. The lowest BCUT2D eigenvalue weighted by atomic mass is 10.1. The predicted octanol–water partition coefficient (Wildman–Crippen LogP) is 1.55. The summed E-state index contributed by atoms with van der Waals surface area (Å²) in [5, 5.41) is 4.13. The van der Waals surface area contributed by atoms with E-state index in [2.05, 4.69) is 9.82 Å². The van der Waals surface area contributed by atoms with Crippen molar-refractivity contribution in [2.24, 2.45) is 12.8 Å². The topological polar surface area (TPSA) is 90.0 Å². The Hall–Kier alpha value is -1.86. The van der Waals surface area contributed by atoms with E-state index in [4.69, 9.17) is 5.73 Å². The highest BCUT2D eigenvalue weighted by molar-refractivity contribution is 7.92. The van der Waals surface area contributed by atoms with Crippen LogP contribution in [0, 0.1) is 6.92 Å². The van der Waals surface area contributed by atoms with E-state index in [1.54, 1.807) is 30.9 Å². The molecule has 0 aliphatic rings. The summed E-state index contributed by atoms with van der Waals surface area (Å²) >= 11 is 0. The Bertz CT molecular complexity index is 750. The molecule has 0 amide bonds. The van der Waals surface area contributed by atoms with E-state index in [9.17, 15) is 8.42 Å². The average Bonchev–Trinajstić information content (AvgIpc) is 2.75. The number of nitrogens with zero attached hydrogens (tertiary/aromatic N) is 2. The lowest BCUT2D eigenvalue weighted by molar-refractivity contribution is 0.600. The van der Waals surface area contributed by atoms with Crippen molar-refractivity contribution in [2.45, 2.75) is 31.7 Å². The van der Waals surface area contributed by atoms with E-state index < -0.39 is 10.0 Å². The summed E-state index contributed by atoms with van der Waals surface area (Å²) in [6, 6.07) is 5.30. The summed E-state index contributed by atoms with van der Waals surface area (Å²) in [6.45, 7) is 3.99. The quantitative estimate of drug-likeness (QED) is 0.877. The predicted molar refractivity (Wildman–Crippen MR) is 82.5 cm³/mol. The molecule has 0 saturated carbocycles. The highest BCUT2D eigenvalue weighted by Gasteiger charge is 2.20. The Morgan fingerprint density at radius 1 is 1.38 bits per heavy atom. The molecule has 0 fully saturated rings. The smallest absolute Gasteiger partial charge is 0.262 e. The van der Waals surface area contributed by atoms with Crippen molar-refractivity contribution in [1.29, 1.82) is 0 Å². The molecule has 1 aromatic carbocycles. The van der Waals surface area contributed by atoms with E-state index in [-0.39, 0.29) is 4.90 Å². The molecule has 6 nitrogen and oxygen atoms in total. The Labute approximate surface area is 125 Å². The summed E-state index contributed by atoms with van der Waals surface area (Å²) in [7, 11) is -1.91. The van der Waals surface area contributed by atoms with E-state index in [0.717, 1.165) is 11.1 Å². The van der Waals surface area contributed by atoms with E-state index in [1.165, 1.54) is 0 Å². The van der Waals surface area contributed by atoms with Gasteiger partial charge >= 0.3 is 0 Å². The number of anilines is 1. The van der Waals surface area contributed by atoms with Crippen LogP contribution in [-0.2, 0) is 30.0 Å². The molecular formula is C14H20N4O2S. The Morgan fingerprint density at radius 2 is 2.10 bits per heavy atom. The molecule has 0 spiro atoms. The van der Waals surface area contributed by atoms with E-state index in [0.29, 0.717) is 24.3 Å². The lowest BCUT2D eigenvalue weighted by Gasteiger charge is -2.12. The highest BCUT2D eigenvalue weighted by atomic mass is 32.2. The van der Waals surface area contributed by atoms with Gasteiger partial charge in [0.05, 0.1) is 16.3 Å². The summed E-state index contributed by atoms with van der Waals surface area (Å²) in [5.74, 6) is 0. The number of benzene rings is 1. The van der Waals surface area contributed by atoms with Gasteiger partial charge in [0, 0.05) is 19.8 Å². The molecule has 0 aliphatic carbocycles. The van der Waals surface area contributed by atoms with Crippen LogP contribution in [0.25, 0.3) is 0 Å². The van der Waals surface area contributed by atoms with Gasteiger partial charge in [-0.3, -0.25) is 9.40 Å². The number of nitrogens with two attached hydrogens (primary N) is 1. The van der Waals surface area contributed by atoms with Crippen LogP contribution in [0.2, 0.25) is 0 Å². The number of hydrogen-bond acceptors (Lipinski definition) is 4. The molecule has 3 N–H and O–H groups in total. The van der Waals surface area contributed by atoms with Crippen molar-refractivity contribution in [3.8, 4) is 0 Å². The number of rotatable bonds is 5. The molecule has 1 aromatic heterocycles. The van der Waals surface area contributed by atoms with Gasteiger partial charge in [0.15, 0.2) is 0 Å². The third-order valence-electron chi connectivity index (χ3n) is 3.30. The van der Waals surface area contributed by atoms with Gasteiger partial charge in [-0.05, 0) is 30.5 Å². The van der Waals surface area contributed by atoms with Crippen LogP contribution in [0.4, 0.5) is 5.69 Å². The minimum Gasteiger partial charge on any atom is -0.326 e. The normalized spacial score (nSPS) is 11.6. The van der Waals surface area contributed by atoms with E-state index >= 15 is 0 Å². The summed E-state index contributed by atoms with van der Waals surface area (Å²) in [5.41, 5.74) is 8.27. The van der Waals surface area contributed by atoms with E-state index in [1.807, 2.05) is 19.1 Å². The second kappa shape index (κ2) is 5.87. The van der Waals surface area contributed by atoms with Crippen LogP contribution in [-0.4, -0.2) is 18.2 Å². The maximum absolute atomic E-state index is 12.6. The molecule has 2 rings (SSSR count). The van der Waals surface area contributed by atoms with Crippen LogP contribution in [0.3, 0.4) is 0 Å². The molecular weight excluding hydrogens is 288 g/mol. The fourth-order valence-corrected chi connectivity index (χ4v) is 3.63. The number of aromatic nitrogens is 2. The summed E-state index contributed by atoms with van der Waals surface area (Å²) in [6.07, 6.45) is 2.28. The molecule has 0 aliphatic heterocycles.